The number of amides is 5. The average molecular weight is 1890 g/mol. The summed E-state index contributed by atoms with van der Waals surface area (Å²) in [7, 11) is -18.7. The third-order valence-corrected chi connectivity index (χ3v) is 30.7. The minimum atomic E-state index is -5.83. The highest BCUT2D eigenvalue weighted by molar-refractivity contribution is 8.77. The molecule has 2 aromatic carbocycles. The van der Waals surface area contributed by atoms with Crippen molar-refractivity contribution in [1.29, 1.82) is 0 Å². The van der Waals surface area contributed by atoms with Crippen molar-refractivity contribution < 1.29 is 137 Å². The number of anilines is 2. The molecular formula is C81H114N12O28P3S3+. The lowest BCUT2D eigenvalue weighted by atomic mass is 9.80. The highest BCUT2D eigenvalue weighted by Gasteiger charge is 2.49. The van der Waals surface area contributed by atoms with Crippen molar-refractivity contribution in [3.8, 4) is 11.8 Å². The van der Waals surface area contributed by atoms with E-state index in [1.807, 2.05) is 46.0 Å². The number of hydrogen-bond donors (Lipinski definition) is 15. The predicted molar refractivity (Wildman–Crippen MR) is 467 cm³/mol. The van der Waals surface area contributed by atoms with Crippen LogP contribution in [0.25, 0.3) is 0 Å². The lowest BCUT2D eigenvalue weighted by Gasteiger charge is -2.31. The number of hydrogen-bond acceptors (Lipinski definition) is 27. The summed E-state index contributed by atoms with van der Waals surface area (Å²) >= 11 is 0. The fourth-order valence-electron chi connectivity index (χ4n) is 16.6. The van der Waals surface area contributed by atoms with Crippen LogP contribution in [0.4, 0.5) is 17.2 Å². The highest BCUT2D eigenvalue weighted by Crippen LogP contribution is 2.66. The van der Waals surface area contributed by atoms with E-state index in [-0.39, 0.29) is 124 Å². The lowest BCUT2D eigenvalue weighted by Crippen LogP contribution is -2.56. The van der Waals surface area contributed by atoms with Crippen molar-refractivity contribution in [3.05, 3.63) is 94.3 Å². The molecule has 0 saturated carbocycles. The minimum Gasteiger partial charge on any atom is -0.481 e. The van der Waals surface area contributed by atoms with E-state index in [0.29, 0.717) is 62.1 Å². The maximum absolute atomic E-state index is 15.0. The van der Waals surface area contributed by atoms with Crippen LogP contribution < -0.4 is 37.6 Å². The van der Waals surface area contributed by atoms with Crippen molar-refractivity contribution in [1.82, 2.24) is 30.3 Å². The van der Waals surface area contributed by atoms with Crippen LogP contribution in [-0.2, 0) is 100 Å². The molecule has 3 saturated heterocycles. The first-order valence-electron chi connectivity index (χ1n) is 41.7. The largest absolute Gasteiger partial charge is 0.490 e. The molecule has 40 nitrogen and oxygen atoms in total. The summed E-state index contributed by atoms with van der Waals surface area (Å²) in [6, 6.07) is 5.08. The Morgan fingerprint density at radius 2 is 1.52 bits per heavy atom. The number of phosphoric acid groups is 3. The Kier molecular flexibility index (Phi) is 35.0. The normalized spacial score (nSPS) is 21.5. The number of rotatable bonds is 46. The van der Waals surface area contributed by atoms with E-state index < -0.39 is 159 Å². The number of aliphatic hydroxyl groups is 1. The number of aryl methyl sites for hydroxylation is 1. The molecule has 1 aromatic heterocycles. The molecule has 6 aliphatic rings. The molecule has 127 heavy (non-hydrogen) atoms. The summed E-state index contributed by atoms with van der Waals surface area (Å²) in [6.45, 7) is 17.2. The third-order valence-electron chi connectivity index (χ3n) is 22.8. The molecule has 3 aromatic rings. The lowest BCUT2D eigenvalue weighted by molar-refractivity contribution is -0.438. The van der Waals surface area contributed by atoms with Crippen LogP contribution in [0.2, 0.25) is 0 Å². The number of aliphatic imine (C=N–C) groups is 1. The summed E-state index contributed by atoms with van der Waals surface area (Å²) < 4.78 is 90.6. The van der Waals surface area contributed by atoms with Gasteiger partial charge in [0.05, 0.1) is 47.5 Å². The second-order valence-electron chi connectivity index (χ2n) is 33.6. The number of ketones is 2. The van der Waals surface area contributed by atoms with Gasteiger partial charge in [0.2, 0.25) is 35.2 Å². The Balaban J connectivity index is 0.775. The molecule has 7 heterocycles. The molecule has 11 unspecified atom stereocenters. The summed E-state index contributed by atoms with van der Waals surface area (Å²) in [6.07, 6.45) is 5.76. The zero-order valence-electron chi connectivity index (χ0n) is 71.7. The molecule has 17 N–H and O–H groups in total. The topological polar surface area (TPSA) is 605 Å². The number of aliphatic hydroxyl groups excluding tert-OH is 1. The van der Waals surface area contributed by atoms with Gasteiger partial charge in [-0.1, -0.05) is 77.8 Å². The van der Waals surface area contributed by atoms with Gasteiger partial charge in [0, 0.05) is 140 Å². The van der Waals surface area contributed by atoms with Crippen molar-refractivity contribution in [2.75, 3.05) is 55.3 Å². The van der Waals surface area contributed by atoms with E-state index in [9.17, 15) is 105 Å². The number of carbonyl (C=O) groups excluding carboxylic acids is 7. The van der Waals surface area contributed by atoms with E-state index in [1.54, 1.807) is 12.1 Å². The number of likely N-dealkylation sites (tertiary alicyclic amines) is 2. The van der Waals surface area contributed by atoms with Crippen LogP contribution in [0.1, 0.15) is 217 Å². The number of Topliss-reactive ketones (excluding diaryl/α,β-unsaturated/α-hetero) is 2. The first-order valence-corrected chi connectivity index (χ1v) is 49.9. The van der Waals surface area contributed by atoms with E-state index >= 15 is 0 Å². The van der Waals surface area contributed by atoms with E-state index in [4.69, 9.17) is 26.0 Å². The number of nitrogens with two attached hydrogens (primary N) is 2. The number of carboxylic acids is 3. The van der Waals surface area contributed by atoms with Gasteiger partial charge in [-0.25, -0.2) is 23.5 Å². The van der Waals surface area contributed by atoms with Gasteiger partial charge in [0.25, 0.3) is 10.1 Å². The SMILES string of the molecule is CCN1C(=CC=CC2=[N+](CCCCCCC(=O)NCCCCC(CC(=O)C3CCCN3C(=O)CC(C)(C)SSCCC(=O)CCC#Cc3cn(C4CC(O)C(COP(=O)(O)OP(=O)(O)OP(=O)(O)O)O4)c4c3C(N)N=C(N)N4)C(=O)N3CCCC3C(=O)NC(CC(=O)O)C(=O)NC(CC(=O)O)C(=O)O)c3ccc(C)cc3C2(C)C)C(C)(C)c2cc(S(=O)(=O)O)ccc21. The van der Waals surface area contributed by atoms with Gasteiger partial charge >= 0.3 is 41.4 Å². The van der Waals surface area contributed by atoms with Gasteiger partial charge < -0.3 is 96.7 Å². The first-order chi connectivity index (χ1) is 59.4. The second kappa shape index (κ2) is 43.5. The van der Waals surface area contributed by atoms with Gasteiger partial charge in [-0.3, -0.25) is 52.2 Å². The average Bonchev–Trinajstić information content (AvgIpc) is 1.54. The van der Waals surface area contributed by atoms with Crippen LogP contribution in [0.3, 0.4) is 0 Å². The molecular weight excluding hydrogens is 1780 g/mol. The van der Waals surface area contributed by atoms with Gasteiger partial charge in [-0.15, -0.1) is 0 Å². The van der Waals surface area contributed by atoms with Crippen LogP contribution in [0, 0.1) is 24.7 Å². The number of guanidine groups is 1. The molecule has 11 atom stereocenters. The Morgan fingerprint density at radius 1 is 0.835 bits per heavy atom. The molecule has 698 valence electrons. The van der Waals surface area contributed by atoms with Crippen LogP contribution in [0.5, 0.6) is 0 Å². The third kappa shape index (κ3) is 27.6. The van der Waals surface area contributed by atoms with Crippen molar-refractivity contribution >= 4 is 143 Å². The number of benzene rings is 2. The summed E-state index contributed by atoms with van der Waals surface area (Å²) in [5, 5.41) is 49.6. The van der Waals surface area contributed by atoms with Crippen molar-refractivity contribution in [2.45, 2.75) is 253 Å². The zero-order chi connectivity index (χ0) is 93.6. The monoisotopic (exact) mass is 1890 g/mol. The second-order valence-corrected chi connectivity index (χ2v) is 42.6. The number of carboxylic acid groups (broad SMARTS) is 3. The van der Waals surface area contributed by atoms with E-state index in [0.717, 1.165) is 53.2 Å². The number of nitrogens with one attached hydrogen (secondary N) is 4. The molecule has 0 aliphatic carbocycles. The fraction of sp³-hybridized carbons (Fsp3) is 0.580. The molecule has 0 spiro atoms. The Morgan fingerprint density at radius 3 is 2.20 bits per heavy atom. The number of likely N-dealkylation sites (N-methyl/N-ethyl adjacent to an activating group) is 1. The Bertz CT molecular complexity index is 5160. The molecule has 5 amide bonds. The molecule has 0 radical (unpaired) electrons. The fourth-order valence-corrected chi connectivity index (χ4v) is 22.7. The Hall–Kier alpha value is -8.50. The van der Waals surface area contributed by atoms with E-state index in [1.165, 1.54) is 53.8 Å². The predicted octanol–water partition coefficient (Wildman–Crippen LogP) is 7.51. The van der Waals surface area contributed by atoms with Gasteiger partial charge in [-0.2, -0.15) is 21.6 Å². The molecule has 0 bridgehead atoms. The van der Waals surface area contributed by atoms with Crippen LogP contribution >= 0.6 is 45.1 Å². The maximum atomic E-state index is 15.0. The summed E-state index contributed by atoms with van der Waals surface area (Å²) in [5.74, 6) is -3.35. The minimum absolute atomic E-state index is 0.0176. The summed E-state index contributed by atoms with van der Waals surface area (Å²) in [5.41, 5.74) is 19.3. The number of ether oxygens (including phenoxy) is 1. The van der Waals surface area contributed by atoms with Gasteiger partial charge in [0.15, 0.2) is 17.5 Å². The van der Waals surface area contributed by atoms with Crippen LogP contribution in [-0.4, -0.2) is 229 Å². The number of aromatic nitrogens is 1. The van der Waals surface area contributed by atoms with Gasteiger partial charge in [0.1, 0.15) is 54.8 Å². The van der Waals surface area contributed by atoms with Crippen molar-refractivity contribution in [2.24, 2.45) is 22.4 Å². The standard InChI is InChI=1S/C81H113N12O28P3S3/c1-9-89-57-32-30-52(127(115,116)117)41-54(57)81(7,8)64(89)26-18-27-65-80(5,6)53-39-48(2)29-31-58(53)90(65)35-17-11-10-12-28-66(97)84-34-16-15-21-49(76(105)92-37-20-25-60(92)75(104)85-55(42-69(99)100)74(103)86-56(77(106)107)43-70(101)102)40-61(95)59-24-19-36-91(59)67(98)45-79(3,4)126-125-38-33-51(94)23-14-13-22-50-46-93(73-71(50)72(82)87-78(83)88-73)68-44-62(96)63(119-68)47-118-123(111,112)121-124(113,114)120-122(108,109)110/h18,26-27,29-32,39,41,46,49,55-56,59-60,62-63,68,72,96H,9-12,14-17,19-21,23-25,28,33-38,40,42-45,47,82H2,1-8H3,(H13-,83,84,85,86,87,88,97,99,100,101,102,103,104,106,107,108,109,110,111,112,113,114,115,116,117)/p+1. The number of carbonyl (C=O) groups is 10. The zero-order valence-corrected chi connectivity index (χ0v) is 76.9. The van der Waals surface area contributed by atoms with Crippen molar-refractivity contribution in [3.63, 3.8) is 0 Å². The molecule has 46 heteroatoms. The number of phosphoric ester groups is 1. The highest BCUT2D eigenvalue weighted by atomic mass is 33.1. The number of allylic oxidation sites excluding steroid dienone is 4. The van der Waals surface area contributed by atoms with E-state index in [2.05, 4.69) is 107 Å². The number of nitrogens with zero attached hydrogens (tertiary/aromatic N) is 6. The number of aliphatic carboxylic acids is 3. The number of fused-ring (bicyclic) bond motifs is 3. The quantitative estimate of drug-likeness (QED) is 0.00649. The molecule has 6 aliphatic heterocycles. The Labute approximate surface area is 743 Å². The maximum Gasteiger partial charge on any atom is 0.490 e. The summed E-state index contributed by atoms with van der Waals surface area (Å²) in [4.78, 5) is 179. The molecule has 3 fully saturated rings. The van der Waals surface area contributed by atoms with Gasteiger partial charge in [-0.05, 0) is 129 Å². The first kappa shape index (κ1) is 102. The molecule has 9 rings (SSSR count). The number of unbranched alkanes of at least 4 members (excludes halogenated alkanes) is 4. The van der Waals surface area contributed by atoms with Crippen LogP contribution in [0.15, 0.2) is 76.4 Å². The smallest absolute Gasteiger partial charge is 0.481 e.